The van der Waals surface area contributed by atoms with Gasteiger partial charge in [-0.15, -0.1) is 11.3 Å². The van der Waals surface area contributed by atoms with Crippen LogP contribution >= 0.6 is 27.3 Å². The first-order valence-electron chi connectivity index (χ1n) is 12.5. The number of urea groups is 1. The van der Waals surface area contributed by atoms with Gasteiger partial charge in [0.15, 0.2) is 17.2 Å². The van der Waals surface area contributed by atoms with Crippen molar-refractivity contribution in [2.45, 2.75) is 44.6 Å². The molecule has 0 saturated heterocycles. The van der Waals surface area contributed by atoms with E-state index in [1.165, 1.54) is 0 Å². The predicted octanol–water partition coefficient (Wildman–Crippen LogP) is 6.43. The number of halogens is 1. The van der Waals surface area contributed by atoms with Crippen LogP contribution in [-0.2, 0) is 11.2 Å². The first-order valence-corrected chi connectivity index (χ1v) is 14.1. The molecule has 1 aliphatic carbocycles. The number of carbonyl (C=O) groups is 3. The Morgan fingerprint density at radius 2 is 1.76 bits per heavy atom. The minimum absolute atomic E-state index is 0.0203. The van der Waals surface area contributed by atoms with Crippen molar-refractivity contribution in [2.24, 2.45) is 0 Å². The zero-order valence-corrected chi connectivity index (χ0v) is 23.1. The number of hydrogen-bond donors (Lipinski definition) is 3. The lowest BCUT2D eigenvalue weighted by atomic mass is 9.94. The molecule has 0 atom stereocenters. The van der Waals surface area contributed by atoms with Gasteiger partial charge in [0.25, 0.3) is 0 Å². The van der Waals surface area contributed by atoms with Crippen molar-refractivity contribution >= 4 is 50.9 Å². The maximum atomic E-state index is 13.5. The summed E-state index contributed by atoms with van der Waals surface area (Å²) in [5.74, 6) is -2.43. The van der Waals surface area contributed by atoms with Gasteiger partial charge in [-0.3, -0.25) is 4.90 Å². The van der Waals surface area contributed by atoms with Gasteiger partial charge >= 0.3 is 18.0 Å². The molecule has 0 radical (unpaired) electrons. The minimum atomic E-state index is -1.21. The van der Waals surface area contributed by atoms with E-state index >= 15 is 0 Å². The van der Waals surface area contributed by atoms with Gasteiger partial charge in [0, 0.05) is 18.3 Å². The van der Waals surface area contributed by atoms with E-state index in [-0.39, 0.29) is 22.7 Å². The van der Waals surface area contributed by atoms with E-state index in [1.807, 2.05) is 59.5 Å². The number of nitrogens with zero attached hydrogens (tertiary/aromatic N) is 1. The molecular formula is C28H29BrN2O6S. The van der Waals surface area contributed by atoms with Gasteiger partial charge in [0.05, 0.1) is 9.35 Å². The lowest BCUT2D eigenvalue weighted by Gasteiger charge is -2.34. The van der Waals surface area contributed by atoms with Gasteiger partial charge in [0.2, 0.25) is 0 Å². The highest BCUT2D eigenvalue weighted by Gasteiger charge is 2.28. The first kappa shape index (κ1) is 27.7. The van der Waals surface area contributed by atoms with Crippen LogP contribution in [0.2, 0.25) is 0 Å². The Balaban J connectivity index is 1.62. The fourth-order valence-corrected chi connectivity index (χ4v) is 6.55. The summed E-state index contributed by atoms with van der Waals surface area (Å²) in [7, 11) is 0. The lowest BCUT2D eigenvalue weighted by molar-refractivity contribution is -0.139. The molecule has 2 amide bonds. The second kappa shape index (κ2) is 12.9. The lowest BCUT2D eigenvalue weighted by Crippen LogP contribution is -2.47. The Labute approximate surface area is 233 Å². The molecule has 1 saturated carbocycles. The van der Waals surface area contributed by atoms with Crippen LogP contribution in [0.25, 0.3) is 10.4 Å². The number of rotatable bonds is 10. The standard InChI is InChI=1S/C28H29BrN2O6S/c29-23-24(37-17-22(32)33)26(27(34)35)38-25(23)19-10-7-13-21(16-19)31(20-11-5-2-6-12-20)28(36)30-15-14-18-8-3-1-4-9-18/h1,3-4,7-10,13,16,20H,2,5-6,11-12,14-15,17H2,(H,30,36)(H,32,33)(H,34,35). The number of ether oxygens (including phenoxy) is 1. The third-order valence-electron chi connectivity index (χ3n) is 6.42. The van der Waals surface area contributed by atoms with Gasteiger partial charge in [0.1, 0.15) is 0 Å². The number of hydrogen-bond acceptors (Lipinski definition) is 5. The van der Waals surface area contributed by atoms with Gasteiger partial charge in [-0.1, -0.05) is 61.7 Å². The van der Waals surface area contributed by atoms with Gasteiger partial charge < -0.3 is 20.3 Å². The van der Waals surface area contributed by atoms with Gasteiger partial charge in [-0.25, -0.2) is 14.4 Å². The van der Waals surface area contributed by atoms with E-state index in [4.69, 9.17) is 9.84 Å². The van der Waals surface area contributed by atoms with Crippen LogP contribution in [0.4, 0.5) is 10.5 Å². The Hall–Kier alpha value is -3.37. The first-order chi connectivity index (χ1) is 18.3. The summed E-state index contributed by atoms with van der Waals surface area (Å²) in [6, 6.07) is 17.3. The molecule has 10 heteroatoms. The molecule has 4 rings (SSSR count). The van der Waals surface area contributed by atoms with E-state index in [2.05, 4.69) is 21.2 Å². The zero-order valence-electron chi connectivity index (χ0n) is 20.7. The molecule has 2 aromatic carbocycles. The van der Waals surface area contributed by atoms with Crippen LogP contribution in [0.5, 0.6) is 5.75 Å². The normalized spacial score (nSPS) is 13.6. The predicted molar refractivity (Wildman–Crippen MR) is 150 cm³/mol. The molecule has 200 valence electrons. The third-order valence-corrected chi connectivity index (χ3v) is 8.65. The maximum Gasteiger partial charge on any atom is 0.349 e. The molecule has 1 aromatic heterocycles. The van der Waals surface area contributed by atoms with Crippen LogP contribution in [-0.4, -0.2) is 47.4 Å². The second-order valence-electron chi connectivity index (χ2n) is 9.07. The highest BCUT2D eigenvalue weighted by atomic mass is 79.9. The monoisotopic (exact) mass is 600 g/mol. The van der Waals surface area contributed by atoms with Gasteiger partial charge in [-0.2, -0.15) is 0 Å². The quantitative estimate of drug-likeness (QED) is 0.247. The summed E-state index contributed by atoms with van der Waals surface area (Å²) in [6.07, 6.45) is 5.82. The number of nitrogens with one attached hydrogen (secondary N) is 1. The van der Waals surface area contributed by atoms with Crippen molar-refractivity contribution < 1.29 is 29.3 Å². The average molecular weight is 602 g/mol. The Kier molecular flexibility index (Phi) is 9.41. The maximum absolute atomic E-state index is 13.5. The number of carboxylic acids is 2. The van der Waals surface area contributed by atoms with Crippen molar-refractivity contribution in [1.29, 1.82) is 0 Å². The molecule has 0 aliphatic heterocycles. The van der Waals surface area contributed by atoms with Crippen molar-refractivity contribution in [1.82, 2.24) is 5.32 Å². The Morgan fingerprint density at radius 3 is 2.45 bits per heavy atom. The molecule has 3 N–H and O–H groups in total. The van der Waals surface area contributed by atoms with Crippen LogP contribution in [0.3, 0.4) is 0 Å². The highest BCUT2D eigenvalue weighted by Crippen LogP contribution is 2.46. The Bertz CT molecular complexity index is 1290. The summed E-state index contributed by atoms with van der Waals surface area (Å²) in [6.45, 7) is -0.151. The molecule has 1 aliphatic rings. The SMILES string of the molecule is O=C(O)COc1c(C(=O)O)sc(-c2cccc(N(C(=O)NCCc3ccccc3)C3CCCCC3)c2)c1Br. The molecular weight excluding hydrogens is 572 g/mol. The van der Waals surface area contributed by atoms with E-state index in [1.54, 1.807) is 0 Å². The van der Waals surface area contributed by atoms with Crippen LogP contribution in [0.1, 0.15) is 47.3 Å². The fraction of sp³-hybridized carbons (Fsp3) is 0.321. The van der Waals surface area contributed by atoms with Crippen molar-refractivity contribution in [2.75, 3.05) is 18.1 Å². The number of aliphatic carboxylic acids is 1. The number of amides is 2. The van der Waals surface area contributed by atoms with E-state index in [9.17, 15) is 19.5 Å². The number of aromatic carboxylic acids is 1. The van der Waals surface area contributed by atoms with E-state index in [0.717, 1.165) is 61.1 Å². The van der Waals surface area contributed by atoms with Crippen LogP contribution in [0.15, 0.2) is 59.1 Å². The van der Waals surface area contributed by atoms with Crippen molar-refractivity contribution in [3.8, 4) is 16.2 Å². The zero-order chi connectivity index (χ0) is 27.1. The minimum Gasteiger partial charge on any atom is -0.479 e. The topological polar surface area (TPSA) is 116 Å². The molecule has 3 aromatic rings. The summed E-state index contributed by atoms with van der Waals surface area (Å²) in [4.78, 5) is 38.7. The fourth-order valence-electron chi connectivity index (χ4n) is 4.66. The number of carbonyl (C=O) groups excluding carboxylic acids is 1. The summed E-state index contributed by atoms with van der Waals surface area (Å²) < 4.78 is 5.66. The van der Waals surface area contributed by atoms with Crippen molar-refractivity contribution in [3.05, 3.63) is 69.5 Å². The van der Waals surface area contributed by atoms with Crippen LogP contribution in [0, 0.1) is 0 Å². The molecule has 8 nitrogen and oxygen atoms in total. The third kappa shape index (κ3) is 6.73. The number of anilines is 1. The number of thiophene rings is 1. The summed E-state index contributed by atoms with van der Waals surface area (Å²) in [5, 5.41) is 21.7. The van der Waals surface area contributed by atoms with Crippen LogP contribution < -0.4 is 15.0 Å². The highest BCUT2D eigenvalue weighted by molar-refractivity contribution is 9.10. The molecule has 0 bridgehead atoms. The molecule has 38 heavy (non-hydrogen) atoms. The molecule has 0 spiro atoms. The smallest absolute Gasteiger partial charge is 0.349 e. The van der Waals surface area contributed by atoms with E-state index < -0.39 is 18.5 Å². The summed E-state index contributed by atoms with van der Waals surface area (Å²) in [5.41, 5.74) is 2.57. The Morgan fingerprint density at radius 1 is 1.03 bits per heavy atom. The molecule has 0 unspecified atom stereocenters. The average Bonchev–Trinajstić information content (AvgIpc) is 3.25. The number of carboxylic acid groups (broad SMARTS) is 2. The largest absolute Gasteiger partial charge is 0.479 e. The van der Waals surface area contributed by atoms with E-state index in [0.29, 0.717) is 21.5 Å². The van der Waals surface area contributed by atoms with Crippen molar-refractivity contribution in [3.63, 3.8) is 0 Å². The number of benzene rings is 2. The second-order valence-corrected chi connectivity index (χ2v) is 10.9. The van der Waals surface area contributed by atoms with Gasteiger partial charge in [-0.05, 0) is 58.5 Å². The molecule has 1 heterocycles. The molecule has 1 fully saturated rings. The summed E-state index contributed by atoms with van der Waals surface area (Å²) >= 11 is 4.41.